The lowest BCUT2D eigenvalue weighted by atomic mass is 9.77. The molecule has 0 radical (unpaired) electrons. The maximum absolute atomic E-state index is 12.2. The number of rotatable bonds is 4. The number of carbonyl (C=O) groups excluding carboxylic acids is 1. The zero-order valence-corrected chi connectivity index (χ0v) is 11.0. The Bertz CT molecular complexity index is 452. The van der Waals surface area contributed by atoms with Gasteiger partial charge in [-0.25, -0.2) is 0 Å². The summed E-state index contributed by atoms with van der Waals surface area (Å²) in [5.74, 6) is 0.199. The van der Waals surface area contributed by atoms with Gasteiger partial charge in [-0.15, -0.1) is 0 Å². The van der Waals surface area contributed by atoms with E-state index in [2.05, 4.69) is 5.32 Å². The lowest BCUT2D eigenvalue weighted by Crippen LogP contribution is -2.56. The highest BCUT2D eigenvalue weighted by atomic mass is 35.5. The smallest absolute Gasteiger partial charge is 0.255 e. The highest BCUT2D eigenvalue weighted by Gasteiger charge is 2.38. The Morgan fingerprint density at radius 1 is 1.56 bits per heavy atom. The average Bonchev–Trinajstić information content (AvgIpc) is 2.33. The van der Waals surface area contributed by atoms with Crippen molar-refractivity contribution in [1.29, 1.82) is 0 Å². The lowest BCUT2D eigenvalue weighted by Gasteiger charge is -2.41. The minimum absolute atomic E-state index is 0.0331. The average molecular weight is 270 g/mol. The SMILES string of the molecule is COc1cc(Cl)ccc1C(=O)NC1(CO)CCC1. The Morgan fingerprint density at radius 2 is 2.28 bits per heavy atom. The summed E-state index contributed by atoms with van der Waals surface area (Å²) < 4.78 is 5.14. The molecule has 1 aromatic rings. The number of amides is 1. The zero-order chi connectivity index (χ0) is 13.2. The molecule has 4 nitrogen and oxygen atoms in total. The maximum Gasteiger partial charge on any atom is 0.255 e. The van der Waals surface area contributed by atoms with Crippen LogP contribution in [0.3, 0.4) is 0 Å². The first-order valence-electron chi connectivity index (χ1n) is 5.87. The van der Waals surface area contributed by atoms with E-state index in [9.17, 15) is 9.90 Å². The van der Waals surface area contributed by atoms with Gasteiger partial charge in [-0.1, -0.05) is 11.6 Å². The van der Waals surface area contributed by atoms with Gasteiger partial charge in [0.05, 0.1) is 24.8 Å². The van der Waals surface area contributed by atoms with Crippen molar-refractivity contribution >= 4 is 17.5 Å². The summed E-state index contributed by atoms with van der Waals surface area (Å²) in [5, 5.41) is 12.7. The van der Waals surface area contributed by atoms with E-state index in [1.807, 2.05) is 0 Å². The summed E-state index contributed by atoms with van der Waals surface area (Å²) >= 11 is 5.85. The molecule has 0 bridgehead atoms. The molecule has 18 heavy (non-hydrogen) atoms. The van der Waals surface area contributed by atoms with E-state index in [0.29, 0.717) is 16.3 Å². The van der Waals surface area contributed by atoms with Crippen LogP contribution in [0.5, 0.6) is 5.75 Å². The summed E-state index contributed by atoms with van der Waals surface area (Å²) in [4.78, 5) is 12.2. The van der Waals surface area contributed by atoms with E-state index in [1.54, 1.807) is 18.2 Å². The zero-order valence-electron chi connectivity index (χ0n) is 10.2. The first kappa shape index (κ1) is 13.2. The van der Waals surface area contributed by atoms with Crippen LogP contribution >= 0.6 is 11.6 Å². The molecule has 98 valence electrons. The van der Waals surface area contributed by atoms with Gasteiger partial charge in [-0.05, 0) is 37.5 Å². The van der Waals surface area contributed by atoms with Crippen molar-refractivity contribution in [2.24, 2.45) is 0 Å². The van der Waals surface area contributed by atoms with Crippen molar-refractivity contribution in [3.8, 4) is 5.75 Å². The van der Waals surface area contributed by atoms with Crippen LogP contribution < -0.4 is 10.1 Å². The van der Waals surface area contributed by atoms with Crippen LogP contribution in [0, 0.1) is 0 Å². The first-order chi connectivity index (χ1) is 8.60. The Hall–Kier alpha value is -1.26. The van der Waals surface area contributed by atoms with E-state index in [-0.39, 0.29) is 12.5 Å². The molecule has 2 rings (SSSR count). The van der Waals surface area contributed by atoms with Crippen LogP contribution in [-0.2, 0) is 0 Å². The molecule has 0 unspecified atom stereocenters. The number of aliphatic hydroxyl groups excluding tert-OH is 1. The molecule has 2 N–H and O–H groups in total. The first-order valence-corrected chi connectivity index (χ1v) is 6.25. The van der Waals surface area contributed by atoms with Gasteiger partial charge in [0.1, 0.15) is 5.75 Å². The van der Waals surface area contributed by atoms with Gasteiger partial charge in [0.25, 0.3) is 5.91 Å². The summed E-state index contributed by atoms with van der Waals surface area (Å²) in [7, 11) is 1.49. The quantitative estimate of drug-likeness (QED) is 0.879. The van der Waals surface area contributed by atoms with Crippen LogP contribution in [0.25, 0.3) is 0 Å². The largest absolute Gasteiger partial charge is 0.496 e. The van der Waals surface area contributed by atoms with Crippen LogP contribution in [0.1, 0.15) is 29.6 Å². The van der Waals surface area contributed by atoms with Crippen LogP contribution in [0.15, 0.2) is 18.2 Å². The second-order valence-corrected chi connectivity index (χ2v) is 5.03. The molecule has 0 atom stereocenters. The fourth-order valence-electron chi connectivity index (χ4n) is 2.09. The van der Waals surface area contributed by atoms with Crippen molar-refractivity contribution in [3.63, 3.8) is 0 Å². The summed E-state index contributed by atoms with van der Waals surface area (Å²) in [5.41, 5.74) is -0.0246. The highest BCUT2D eigenvalue weighted by Crippen LogP contribution is 2.32. The van der Waals surface area contributed by atoms with E-state index >= 15 is 0 Å². The fourth-order valence-corrected chi connectivity index (χ4v) is 2.25. The molecule has 1 aliphatic carbocycles. The number of benzene rings is 1. The standard InChI is InChI=1S/C13H16ClNO3/c1-18-11-7-9(14)3-4-10(11)12(17)15-13(8-16)5-2-6-13/h3-4,7,16H,2,5-6,8H2,1H3,(H,15,17). The van der Waals surface area contributed by atoms with E-state index < -0.39 is 5.54 Å². The second-order valence-electron chi connectivity index (χ2n) is 4.59. The van der Waals surface area contributed by atoms with Crippen LogP contribution in [-0.4, -0.2) is 30.3 Å². The molecule has 1 fully saturated rings. The molecule has 0 heterocycles. The molecule has 0 saturated heterocycles. The topological polar surface area (TPSA) is 58.6 Å². The number of nitrogens with one attached hydrogen (secondary N) is 1. The van der Waals surface area contributed by atoms with Gasteiger partial charge in [0.15, 0.2) is 0 Å². The number of hydrogen-bond donors (Lipinski definition) is 2. The van der Waals surface area contributed by atoms with Gasteiger partial charge >= 0.3 is 0 Å². The number of halogens is 1. The molecule has 1 aliphatic rings. The third-order valence-corrected chi connectivity index (χ3v) is 3.64. The van der Waals surface area contributed by atoms with Crippen molar-refractivity contribution in [3.05, 3.63) is 28.8 Å². The summed E-state index contributed by atoms with van der Waals surface area (Å²) in [6.07, 6.45) is 2.65. The maximum atomic E-state index is 12.2. The molecule has 0 aliphatic heterocycles. The monoisotopic (exact) mass is 269 g/mol. The van der Waals surface area contributed by atoms with Gasteiger partial charge in [0, 0.05) is 5.02 Å². The number of aliphatic hydroxyl groups is 1. The Balaban J connectivity index is 2.18. The predicted octanol–water partition coefficient (Wildman–Crippen LogP) is 1.99. The molecular formula is C13H16ClNO3. The van der Waals surface area contributed by atoms with Crippen LogP contribution in [0.2, 0.25) is 5.02 Å². The molecule has 1 saturated carbocycles. The molecule has 0 aromatic heterocycles. The third-order valence-electron chi connectivity index (χ3n) is 3.40. The number of ether oxygens (including phenoxy) is 1. The second kappa shape index (κ2) is 5.16. The van der Waals surface area contributed by atoms with E-state index in [0.717, 1.165) is 19.3 Å². The summed E-state index contributed by atoms with van der Waals surface area (Å²) in [6, 6.07) is 4.87. The molecule has 1 amide bonds. The number of hydrogen-bond acceptors (Lipinski definition) is 3. The van der Waals surface area contributed by atoms with E-state index in [4.69, 9.17) is 16.3 Å². The third kappa shape index (κ3) is 2.44. The number of carbonyl (C=O) groups is 1. The van der Waals surface area contributed by atoms with Crippen molar-refractivity contribution < 1.29 is 14.6 Å². The fraction of sp³-hybridized carbons (Fsp3) is 0.462. The van der Waals surface area contributed by atoms with E-state index in [1.165, 1.54) is 7.11 Å². The van der Waals surface area contributed by atoms with Gasteiger partial charge < -0.3 is 15.2 Å². The molecule has 0 spiro atoms. The van der Waals surface area contributed by atoms with Gasteiger partial charge in [-0.2, -0.15) is 0 Å². The van der Waals surface area contributed by atoms with Gasteiger partial charge in [0.2, 0.25) is 0 Å². The highest BCUT2D eigenvalue weighted by molar-refractivity contribution is 6.30. The lowest BCUT2D eigenvalue weighted by molar-refractivity contribution is 0.0639. The van der Waals surface area contributed by atoms with Crippen LogP contribution in [0.4, 0.5) is 0 Å². The van der Waals surface area contributed by atoms with Crippen molar-refractivity contribution in [1.82, 2.24) is 5.32 Å². The summed E-state index contributed by atoms with van der Waals surface area (Å²) in [6.45, 7) is -0.0331. The normalized spacial score (nSPS) is 16.8. The molecule has 1 aromatic carbocycles. The Kier molecular flexibility index (Phi) is 3.78. The number of methoxy groups -OCH3 is 1. The predicted molar refractivity (Wildman–Crippen MR) is 69.1 cm³/mol. The Morgan fingerprint density at radius 3 is 2.78 bits per heavy atom. The van der Waals surface area contributed by atoms with Crippen molar-refractivity contribution in [2.45, 2.75) is 24.8 Å². The van der Waals surface area contributed by atoms with Gasteiger partial charge in [-0.3, -0.25) is 4.79 Å². The Labute approximate surface area is 111 Å². The van der Waals surface area contributed by atoms with Crippen molar-refractivity contribution in [2.75, 3.05) is 13.7 Å². The molecule has 5 heteroatoms. The minimum Gasteiger partial charge on any atom is -0.496 e. The molecular weight excluding hydrogens is 254 g/mol. The minimum atomic E-state index is -0.457.